The SMILES string of the molecule is Cl.O=C(Nc1ccc([C@H]2CCNC2)cc1)c1ncccc1F. The molecule has 116 valence electrons. The highest BCUT2D eigenvalue weighted by Crippen LogP contribution is 2.23. The lowest BCUT2D eigenvalue weighted by molar-refractivity contribution is 0.101. The molecule has 2 heterocycles. The van der Waals surface area contributed by atoms with Crippen molar-refractivity contribution in [3.8, 4) is 0 Å². The fourth-order valence-corrected chi connectivity index (χ4v) is 2.52. The molecule has 6 heteroatoms. The molecule has 4 nitrogen and oxygen atoms in total. The second-order valence-electron chi connectivity index (χ2n) is 5.10. The number of pyridine rings is 1. The van der Waals surface area contributed by atoms with Crippen molar-refractivity contribution in [1.29, 1.82) is 0 Å². The zero-order valence-corrected chi connectivity index (χ0v) is 12.7. The van der Waals surface area contributed by atoms with Crippen molar-refractivity contribution in [2.24, 2.45) is 0 Å². The summed E-state index contributed by atoms with van der Waals surface area (Å²) in [5.74, 6) is -0.630. The molecule has 1 aromatic heterocycles. The van der Waals surface area contributed by atoms with Crippen molar-refractivity contribution in [2.45, 2.75) is 12.3 Å². The number of carbonyl (C=O) groups is 1. The molecule has 0 bridgehead atoms. The fraction of sp³-hybridized carbons (Fsp3) is 0.250. The molecular formula is C16H17ClFN3O. The summed E-state index contributed by atoms with van der Waals surface area (Å²) in [6, 6.07) is 10.4. The average molecular weight is 322 g/mol. The highest BCUT2D eigenvalue weighted by atomic mass is 35.5. The normalized spacial score (nSPS) is 16.9. The Kier molecular flexibility index (Phi) is 5.46. The highest BCUT2D eigenvalue weighted by Gasteiger charge is 2.17. The van der Waals surface area contributed by atoms with Crippen LogP contribution in [-0.2, 0) is 0 Å². The van der Waals surface area contributed by atoms with Gasteiger partial charge in [-0.3, -0.25) is 4.79 Å². The Morgan fingerprint density at radius 2 is 2.05 bits per heavy atom. The largest absolute Gasteiger partial charge is 0.321 e. The van der Waals surface area contributed by atoms with Gasteiger partial charge in [-0.1, -0.05) is 12.1 Å². The van der Waals surface area contributed by atoms with Gasteiger partial charge in [0.1, 0.15) is 0 Å². The number of carbonyl (C=O) groups excluding carboxylic acids is 1. The van der Waals surface area contributed by atoms with Crippen molar-refractivity contribution in [3.63, 3.8) is 0 Å². The van der Waals surface area contributed by atoms with Gasteiger partial charge in [-0.05, 0) is 48.7 Å². The third kappa shape index (κ3) is 3.61. The number of hydrogen-bond donors (Lipinski definition) is 2. The monoisotopic (exact) mass is 321 g/mol. The highest BCUT2D eigenvalue weighted by molar-refractivity contribution is 6.02. The fourth-order valence-electron chi connectivity index (χ4n) is 2.52. The summed E-state index contributed by atoms with van der Waals surface area (Å²) in [7, 11) is 0. The molecule has 22 heavy (non-hydrogen) atoms. The van der Waals surface area contributed by atoms with Crippen LogP contribution in [0.5, 0.6) is 0 Å². The molecule has 1 saturated heterocycles. The minimum atomic E-state index is -0.622. The van der Waals surface area contributed by atoms with E-state index in [0.29, 0.717) is 11.6 Å². The Morgan fingerprint density at radius 3 is 2.68 bits per heavy atom. The molecule has 1 fully saturated rings. The van der Waals surface area contributed by atoms with Gasteiger partial charge in [-0.25, -0.2) is 9.37 Å². The number of hydrogen-bond acceptors (Lipinski definition) is 3. The number of anilines is 1. The minimum Gasteiger partial charge on any atom is -0.321 e. The smallest absolute Gasteiger partial charge is 0.277 e. The van der Waals surface area contributed by atoms with E-state index < -0.39 is 11.7 Å². The maximum absolute atomic E-state index is 13.5. The van der Waals surface area contributed by atoms with Crippen molar-refractivity contribution < 1.29 is 9.18 Å². The lowest BCUT2D eigenvalue weighted by Gasteiger charge is -2.10. The molecule has 0 spiro atoms. The van der Waals surface area contributed by atoms with E-state index in [-0.39, 0.29) is 18.1 Å². The summed E-state index contributed by atoms with van der Waals surface area (Å²) in [5.41, 5.74) is 1.70. The number of rotatable bonds is 3. The number of amides is 1. The maximum Gasteiger partial charge on any atom is 0.277 e. The predicted molar refractivity (Wildman–Crippen MR) is 86.1 cm³/mol. The van der Waals surface area contributed by atoms with E-state index >= 15 is 0 Å². The molecular weight excluding hydrogens is 305 g/mol. The van der Waals surface area contributed by atoms with Gasteiger partial charge in [0, 0.05) is 18.4 Å². The van der Waals surface area contributed by atoms with Crippen molar-refractivity contribution in [3.05, 3.63) is 59.7 Å². The Hall–Kier alpha value is -1.98. The Balaban J connectivity index is 0.00000176. The molecule has 2 N–H and O–H groups in total. The zero-order valence-electron chi connectivity index (χ0n) is 11.9. The third-order valence-corrected chi connectivity index (χ3v) is 3.67. The quantitative estimate of drug-likeness (QED) is 0.914. The summed E-state index contributed by atoms with van der Waals surface area (Å²) < 4.78 is 13.5. The summed E-state index contributed by atoms with van der Waals surface area (Å²) in [6.07, 6.45) is 2.53. The molecule has 0 unspecified atom stereocenters. The Morgan fingerprint density at radius 1 is 1.27 bits per heavy atom. The van der Waals surface area contributed by atoms with Crippen LogP contribution in [-0.4, -0.2) is 24.0 Å². The lowest BCUT2D eigenvalue weighted by Crippen LogP contribution is -2.15. The van der Waals surface area contributed by atoms with Gasteiger partial charge in [0.25, 0.3) is 5.91 Å². The molecule has 1 aliphatic heterocycles. The second kappa shape index (κ2) is 7.33. The van der Waals surface area contributed by atoms with Crippen LogP contribution in [0.25, 0.3) is 0 Å². The van der Waals surface area contributed by atoms with Gasteiger partial charge in [-0.15, -0.1) is 12.4 Å². The number of benzene rings is 1. The van der Waals surface area contributed by atoms with Crippen LogP contribution < -0.4 is 10.6 Å². The van der Waals surface area contributed by atoms with Crippen LogP contribution in [0.2, 0.25) is 0 Å². The maximum atomic E-state index is 13.5. The van der Waals surface area contributed by atoms with Gasteiger partial charge in [0.2, 0.25) is 0 Å². The van der Waals surface area contributed by atoms with Crippen LogP contribution in [0.1, 0.15) is 28.4 Å². The number of aromatic nitrogens is 1. The van der Waals surface area contributed by atoms with E-state index in [4.69, 9.17) is 0 Å². The van der Waals surface area contributed by atoms with Crippen LogP contribution in [0.4, 0.5) is 10.1 Å². The first-order valence-electron chi connectivity index (χ1n) is 6.96. The molecule has 0 aliphatic carbocycles. The van der Waals surface area contributed by atoms with Crippen molar-refractivity contribution in [2.75, 3.05) is 18.4 Å². The van der Waals surface area contributed by atoms with Crippen LogP contribution in [0, 0.1) is 5.82 Å². The summed E-state index contributed by atoms with van der Waals surface area (Å²) in [6.45, 7) is 2.03. The molecule has 0 radical (unpaired) electrons. The van der Waals surface area contributed by atoms with E-state index in [2.05, 4.69) is 15.6 Å². The summed E-state index contributed by atoms with van der Waals surface area (Å²) in [5, 5.41) is 5.99. The standard InChI is InChI=1S/C16H16FN3O.ClH/c17-14-2-1-8-19-15(14)16(21)20-13-5-3-11(4-6-13)12-7-9-18-10-12;/h1-6,8,12,18H,7,9-10H2,(H,20,21);1H/t12-;/m0./s1. The molecule has 2 aromatic rings. The average Bonchev–Trinajstić information content (AvgIpc) is 3.02. The first kappa shape index (κ1) is 16.4. The van der Waals surface area contributed by atoms with Crippen molar-refractivity contribution >= 4 is 24.0 Å². The van der Waals surface area contributed by atoms with E-state index in [1.54, 1.807) is 0 Å². The molecule has 1 aromatic carbocycles. The number of nitrogens with zero attached hydrogens (tertiary/aromatic N) is 1. The van der Waals surface area contributed by atoms with E-state index in [9.17, 15) is 9.18 Å². The summed E-state index contributed by atoms with van der Waals surface area (Å²) >= 11 is 0. The lowest BCUT2D eigenvalue weighted by atomic mass is 9.98. The number of halogens is 2. The van der Waals surface area contributed by atoms with Crippen LogP contribution >= 0.6 is 12.4 Å². The second-order valence-corrected chi connectivity index (χ2v) is 5.10. The minimum absolute atomic E-state index is 0. The Bertz CT molecular complexity index is 642. The van der Waals surface area contributed by atoms with Crippen LogP contribution in [0.15, 0.2) is 42.6 Å². The summed E-state index contributed by atoms with van der Waals surface area (Å²) in [4.78, 5) is 15.7. The van der Waals surface area contributed by atoms with Gasteiger partial charge in [-0.2, -0.15) is 0 Å². The molecule has 1 aliphatic rings. The first-order chi connectivity index (χ1) is 10.2. The first-order valence-corrected chi connectivity index (χ1v) is 6.96. The van der Waals surface area contributed by atoms with Crippen molar-refractivity contribution in [1.82, 2.24) is 10.3 Å². The van der Waals surface area contributed by atoms with Gasteiger partial charge in [0.05, 0.1) is 0 Å². The topological polar surface area (TPSA) is 54.0 Å². The third-order valence-electron chi connectivity index (χ3n) is 3.67. The number of nitrogens with one attached hydrogen (secondary N) is 2. The van der Waals surface area contributed by atoms with E-state index in [0.717, 1.165) is 19.5 Å². The predicted octanol–water partition coefficient (Wildman–Crippen LogP) is 2.97. The van der Waals surface area contributed by atoms with Gasteiger partial charge < -0.3 is 10.6 Å². The van der Waals surface area contributed by atoms with E-state index in [1.807, 2.05) is 24.3 Å². The molecule has 3 rings (SSSR count). The molecule has 0 saturated carbocycles. The zero-order chi connectivity index (χ0) is 14.7. The molecule has 1 amide bonds. The van der Waals surface area contributed by atoms with E-state index in [1.165, 1.54) is 23.9 Å². The van der Waals surface area contributed by atoms with Crippen LogP contribution in [0.3, 0.4) is 0 Å². The van der Waals surface area contributed by atoms with Gasteiger partial charge >= 0.3 is 0 Å². The molecule has 1 atom stereocenters. The van der Waals surface area contributed by atoms with Gasteiger partial charge in [0.15, 0.2) is 11.5 Å². The Labute approximate surface area is 134 Å².